The van der Waals surface area contributed by atoms with E-state index in [9.17, 15) is 0 Å². The molecule has 0 heterocycles. The number of hydrogen-bond donors (Lipinski definition) is 0. The van der Waals surface area contributed by atoms with Crippen LogP contribution in [0.1, 0.15) is 52.4 Å². The van der Waals surface area contributed by atoms with E-state index in [1.807, 2.05) is 0 Å². The van der Waals surface area contributed by atoms with Gasteiger partial charge in [-0.2, -0.15) is 0 Å². The van der Waals surface area contributed by atoms with Gasteiger partial charge in [0.05, 0.1) is 6.10 Å². The van der Waals surface area contributed by atoms with Crippen LogP contribution in [0.2, 0.25) is 0 Å². The van der Waals surface area contributed by atoms with Gasteiger partial charge < -0.3 is 4.74 Å². The zero-order valence-corrected chi connectivity index (χ0v) is 11.6. The molecule has 1 aliphatic rings. The molecule has 1 aliphatic carbocycles. The van der Waals surface area contributed by atoms with E-state index in [2.05, 4.69) is 36.4 Å². The van der Waals surface area contributed by atoms with Gasteiger partial charge in [0.25, 0.3) is 0 Å². The number of alkyl halides is 1. The summed E-state index contributed by atoms with van der Waals surface area (Å²) in [5.41, 5.74) is 0. The fourth-order valence-corrected chi connectivity index (χ4v) is 2.92. The summed E-state index contributed by atoms with van der Waals surface area (Å²) in [5.74, 6) is 0.670. The fraction of sp³-hybridized carbons (Fsp3) is 1.00. The van der Waals surface area contributed by atoms with Crippen molar-refractivity contribution in [1.29, 1.82) is 0 Å². The van der Waals surface area contributed by atoms with Crippen molar-refractivity contribution in [3.05, 3.63) is 0 Å². The van der Waals surface area contributed by atoms with E-state index < -0.39 is 0 Å². The van der Waals surface area contributed by atoms with Crippen LogP contribution in [0.4, 0.5) is 0 Å². The molecule has 0 spiro atoms. The second kappa shape index (κ2) is 7.04. The monoisotopic (exact) mass is 310 g/mol. The molecule has 0 bridgehead atoms. The summed E-state index contributed by atoms with van der Waals surface area (Å²) in [6.45, 7) is 5.39. The molecule has 2 unspecified atom stereocenters. The Bertz CT molecular complexity index is 147. The lowest BCUT2D eigenvalue weighted by molar-refractivity contribution is 0.0269. The average Bonchev–Trinajstić information content (AvgIpc) is 2.10. The van der Waals surface area contributed by atoms with Gasteiger partial charge in [-0.3, -0.25) is 0 Å². The smallest absolute Gasteiger partial charge is 0.0692 e. The van der Waals surface area contributed by atoms with Gasteiger partial charge in [0.15, 0.2) is 0 Å². The summed E-state index contributed by atoms with van der Waals surface area (Å²) < 4.78 is 6.73. The lowest BCUT2D eigenvalue weighted by Crippen LogP contribution is -2.27. The molecule has 0 amide bonds. The molecule has 0 radical (unpaired) electrons. The van der Waals surface area contributed by atoms with Crippen LogP contribution < -0.4 is 0 Å². The highest BCUT2D eigenvalue weighted by molar-refractivity contribution is 14.1. The largest absolute Gasteiger partial charge is 0.377 e. The Balaban J connectivity index is 2.29. The molecule has 2 heteroatoms. The van der Waals surface area contributed by atoms with Crippen molar-refractivity contribution < 1.29 is 4.74 Å². The third-order valence-corrected chi connectivity index (χ3v) is 4.19. The Hall–Kier alpha value is 0.690. The fourth-order valence-electron chi connectivity index (χ4n) is 1.91. The van der Waals surface area contributed by atoms with Gasteiger partial charge in [-0.15, -0.1) is 0 Å². The summed E-state index contributed by atoms with van der Waals surface area (Å²) in [5, 5.41) is 0. The highest BCUT2D eigenvalue weighted by Crippen LogP contribution is 2.25. The molecule has 0 aromatic rings. The average molecular weight is 310 g/mol. The molecule has 0 aliphatic heterocycles. The minimum Gasteiger partial charge on any atom is -0.377 e. The highest BCUT2D eigenvalue weighted by atomic mass is 127. The number of hydrogen-bond acceptors (Lipinski definition) is 1. The van der Waals surface area contributed by atoms with Gasteiger partial charge in [-0.25, -0.2) is 0 Å². The first-order valence-corrected chi connectivity index (χ1v) is 7.20. The second-order valence-corrected chi connectivity index (χ2v) is 6.37. The molecule has 2 atom stereocenters. The topological polar surface area (TPSA) is 9.23 Å². The van der Waals surface area contributed by atoms with Gasteiger partial charge in [-0.1, -0.05) is 62.1 Å². The molecule has 1 fully saturated rings. The Morgan fingerprint density at radius 2 is 1.79 bits per heavy atom. The quantitative estimate of drug-likeness (QED) is 0.561. The molecule has 0 saturated heterocycles. The van der Waals surface area contributed by atoms with E-state index in [0.29, 0.717) is 12.0 Å². The van der Waals surface area contributed by atoms with Gasteiger partial charge in [0.2, 0.25) is 0 Å². The second-order valence-electron chi connectivity index (χ2n) is 4.77. The van der Waals surface area contributed by atoms with Crippen LogP contribution in [0.5, 0.6) is 0 Å². The third kappa shape index (κ3) is 4.96. The van der Waals surface area contributed by atoms with Crippen molar-refractivity contribution in [2.45, 2.75) is 62.4 Å². The van der Waals surface area contributed by atoms with Crippen molar-refractivity contribution in [1.82, 2.24) is 0 Å². The van der Waals surface area contributed by atoms with Crippen LogP contribution in [0.15, 0.2) is 0 Å². The van der Waals surface area contributed by atoms with Crippen LogP contribution in [0.3, 0.4) is 0 Å². The summed E-state index contributed by atoms with van der Waals surface area (Å²) >= 11 is 2.58. The molecule has 1 saturated carbocycles. The molecular weight excluding hydrogens is 287 g/mol. The first-order valence-electron chi connectivity index (χ1n) is 5.96. The van der Waals surface area contributed by atoms with Crippen molar-refractivity contribution in [2.75, 3.05) is 6.61 Å². The van der Waals surface area contributed by atoms with Crippen LogP contribution >= 0.6 is 22.6 Å². The summed E-state index contributed by atoms with van der Waals surface area (Å²) in [6.07, 6.45) is 8.75. The lowest BCUT2D eigenvalue weighted by atomic mass is 9.98. The molecule has 1 nitrogen and oxygen atoms in total. The van der Waals surface area contributed by atoms with E-state index in [4.69, 9.17) is 4.74 Å². The zero-order chi connectivity index (χ0) is 10.4. The standard InChI is InChI=1S/C12H23IO/c1-10(2)9-14-12-8-6-4-3-5-7-11(12)13/h10-12H,3-9H2,1-2H3. The maximum atomic E-state index is 5.98. The molecular formula is C12H23IO. The van der Waals surface area contributed by atoms with E-state index in [0.717, 1.165) is 10.5 Å². The van der Waals surface area contributed by atoms with Crippen LogP contribution in [0.25, 0.3) is 0 Å². The first-order chi connectivity index (χ1) is 6.70. The summed E-state index contributed by atoms with van der Waals surface area (Å²) in [4.78, 5) is 0. The van der Waals surface area contributed by atoms with Crippen molar-refractivity contribution in [3.63, 3.8) is 0 Å². The van der Waals surface area contributed by atoms with Gasteiger partial charge in [0.1, 0.15) is 0 Å². The summed E-state index contributed by atoms with van der Waals surface area (Å²) in [6, 6.07) is 0. The Morgan fingerprint density at radius 3 is 2.43 bits per heavy atom. The Labute approximate surface area is 102 Å². The molecule has 0 aromatic heterocycles. The minimum absolute atomic E-state index is 0.526. The van der Waals surface area contributed by atoms with Gasteiger partial charge in [0, 0.05) is 10.5 Å². The number of halogens is 1. The zero-order valence-electron chi connectivity index (χ0n) is 9.47. The lowest BCUT2D eigenvalue weighted by Gasteiger charge is -2.26. The molecule has 1 rings (SSSR count). The SMILES string of the molecule is CC(C)COC1CCCCCCC1I. The predicted octanol–water partition coefficient (Wildman–Crippen LogP) is 4.19. The van der Waals surface area contributed by atoms with Gasteiger partial charge in [-0.05, 0) is 18.8 Å². The van der Waals surface area contributed by atoms with E-state index >= 15 is 0 Å². The maximum Gasteiger partial charge on any atom is 0.0692 e. The first kappa shape index (κ1) is 12.8. The van der Waals surface area contributed by atoms with E-state index in [1.54, 1.807) is 0 Å². The number of rotatable bonds is 3. The summed E-state index contributed by atoms with van der Waals surface area (Å²) in [7, 11) is 0. The Morgan fingerprint density at radius 1 is 1.14 bits per heavy atom. The number of ether oxygens (including phenoxy) is 1. The Kier molecular flexibility index (Phi) is 6.42. The van der Waals surface area contributed by atoms with Crippen LogP contribution in [0, 0.1) is 5.92 Å². The van der Waals surface area contributed by atoms with Crippen molar-refractivity contribution in [2.24, 2.45) is 5.92 Å². The molecule has 14 heavy (non-hydrogen) atoms. The van der Waals surface area contributed by atoms with Crippen molar-refractivity contribution in [3.8, 4) is 0 Å². The molecule has 0 N–H and O–H groups in total. The van der Waals surface area contributed by atoms with E-state index in [-0.39, 0.29) is 0 Å². The molecule has 0 aromatic carbocycles. The third-order valence-electron chi connectivity index (χ3n) is 2.77. The van der Waals surface area contributed by atoms with Crippen LogP contribution in [-0.4, -0.2) is 16.6 Å². The minimum atomic E-state index is 0.526. The van der Waals surface area contributed by atoms with E-state index in [1.165, 1.54) is 38.5 Å². The van der Waals surface area contributed by atoms with Crippen LogP contribution in [-0.2, 0) is 4.74 Å². The van der Waals surface area contributed by atoms with Gasteiger partial charge >= 0.3 is 0 Å². The molecule has 84 valence electrons. The predicted molar refractivity (Wildman–Crippen MR) is 70.1 cm³/mol. The van der Waals surface area contributed by atoms with Crippen molar-refractivity contribution >= 4 is 22.6 Å². The highest BCUT2D eigenvalue weighted by Gasteiger charge is 2.20. The normalized spacial score (nSPS) is 30.0. The maximum absolute atomic E-state index is 5.98.